The predicted molar refractivity (Wildman–Crippen MR) is 254 cm³/mol. The van der Waals surface area contributed by atoms with Crippen molar-refractivity contribution in [2.75, 3.05) is 6.61 Å². The number of aliphatic carboxylic acids is 1. The Labute approximate surface area is 359 Å². The average Bonchev–Trinajstić information content (AvgIpc) is 3.18. The molecular weight excluding hydrogens is 713 g/mol. The molecule has 0 spiro atoms. The molecule has 0 saturated carbocycles. The Bertz CT molecular complexity index is 1240. The number of esters is 1. The molecule has 4 heteroatoms. The molecule has 0 bridgehead atoms. The lowest BCUT2D eigenvalue weighted by atomic mass is 9.72. The van der Waals surface area contributed by atoms with Gasteiger partial charge in [-0.15, -0.1) is 0 Å². The standard InChI is InChI=1S/C36H60O2.C18H32O2/c1-7-8-9-10-11-12-13-14-15-16-17-18-19-25-35(37)38-30-28-32(3)23-20-22-31(2)26-27-34-33(4)24-21-29-36(34,5)6;1-2-3-4-5-6-7-8-9-10-11-12-13-14-15-16-17-18(19)20/h20,22-23,26-28H,7-19,21,24-25,29-30H2,1-6H3;6-7,9-10H,2-5,8,11-17H2,1H3,(H,19,20)/b;7-6-,10-9-. The molecule has 0 fully saturated rings. The highest BCUT2D eigenvalue weighted by Gasteiger charge is 2.26. The molecule has 1 aliphatic carbocycles. The molecule has 0 amide bonds. The van der Waals surface area contributed by atoms with Gasteiger partial charge in [-0.2, -0.15) is 0 Å². The van der Waals surface area contributed by atoms with Crippen molar-refractivity contribution in [1.29, 1.82) is 0 Å². The van der Waals surface area contributed by atoms with Crippen LogP contribution in [0, 0.1) is 5.41 Å². The molecule has 0 aliphatic heterocycles. The normalized spacial score (nSPS) is 14.9. The number of hydrogen-bond donors (Lipinski definition) is 1. The molecular formula is C54H92O4. The van der Waals surface area contributed by atoms with E-state index in [1.807, 2.05) is 6.08 Å². The second-order valence-corrected chi connectivity index (χ2v) is 17.5. The van der Waals surface area contributed by atoms with Crippen LogP contribution in [0.5, 0.6) is 0 Å². The van der Waals surface area contributed by atoms with E-state index in [4.69, 9.17) is 9.84 Å². The molecule has 0 atom stereocenters. The third-order valence-corrected chi connectivity index (χ3v) is 11.2. The summed E-state index contributed by atoms with van der Waals surface area (Å²) in [4.78, 5) is 22.3. The fourth-order valence-electron chi connectivity index (χ4n) is 7.41. The van der Waals surface area contributed by atoms with Crippen molar-refractivity contribution in [3.05, 3.63) is 83.1 Å². The molecule has 0 saturated heterocycles. The minimum absolute atomic E-state index is 0.0720. The molecule has 0 aromatic heterocycles. The van der Waals surface area contributed by atoms with Crippen LogP contribution in [-0.2, 0) is 14.3 Å². The van der Waals surface area contributed by atoms with Crippen LogP contribution in [0.4, 0.5) is 0 Å². The van der Waals surface area contributed by atoms with Crippen LogP contribution in [0.15, 0.2) is 83.1 Å². The van der Waals surface area contributed by atoms with Crippen LogP contribution < -0.4 is 0 Å². The lowest BCUT2D eigenvalue weighted by Gasteiger charge is -2.32. The van der Waals surface area contributed by atoms with Gasteiger partial charge in [0.1, 0.15) is 6.61 Å². The lowest BCUT2D eigenvalue weighted by Crippen LogP contribution is -2.19. The Morgan fingerprint density at radius 3 is 1.71 bits per heavy atom. The zero-order valence-corrected chi connectivity index (χ0v) is 39.2. The highest BCUT2D eigenvalue weighted by molar-refractivity contribution is 5.69. The predicted octanol–water partition coefficient (Wildman–Crippen LogP) is 17.4. The van der Waals surface area contributed by atoms with Crippen molar-refractivity contribution in [3.63, 3.8) is 0 Å². The minimum Gasteiger partial charge on any atom is -0.481 e. The zero-order valence-electron chi connectivity index (χ0n) is 39.2. The van der Waals surface area contributed by atoms with Gasteiger partial charge >= 0.3 is 11.9 Å². The van der Waals surface area contributed by atoms with Crippen molar-refractivity contribution in [3.8, 4) is 0 Å². The highest BCUT2D eigenvalue weighted by atomic mass is 16.5. The van der Waals surface area contributed by atoms with Crippen molar-refractivity contribution < 1.29 is 19.4 Å². The summed E-state index contributed by atoms with van der Waals surface area (Å²) in [5.74, 6) is -0.743. The Morgan fingerprint density at radius 1 is 0.655 bits per heavy atom. The van der Waals surface area contributed by atoms with Gasteiger partial charge < -0.3 is 9.84 Å². The first-order valence-electron chi connectivity index (χ1n) is 24.1. The van der Waals surface area contributed by atoms with E-state index in [0.717, 1.165) is 44.1 Å². The minimum atomic E-state index is -0.671. The summed E-state index contributed by atoms with van der Waals surface area (Å²) in [5.41, 5.74) is 5.65. The summed E-state index contributed by atoms with van der Waals surface area (Å²) in [6.45, 7) is 16.1. The molecule has 0 radical (unpaired) electrons. The summed E-state index contributed by atoms with van der Waals surface area (Å²) in [5, 5.41) is 8.50. The summed E-state index contributed by atoms with van der Waals surface area (Å²) < 4.78 is 5.40. The lowest BCUT2D eigenvalue weighted by molar-refractivity contribution is -0.142. The summed E-state index contributed by atoms with van der Waals surface area (Å²) >= 11 is 0. The maximum absolute atomic E-state index is 12.0. The van der Waals surface area contributed by atoms with E-state index >= 15 is 0 Å². The Morgan fingerprint density at radius 2 is 1.16 bits per heavy atom. The molecule has 332 valence electrons. The highest BCUT2D eigenvalue weighted by Crippen LogP contribution is 2.40. The molecule has 1 rings (SSSR count). The first-order valence-corrected chi connectivity index (χ1v) is 24.1. The number of carboxylic acids is 1. The van der Waals surface area contributed by atoms with Gasteiger partial charge in [-0.1, -0.05) is 208 Å². The summed E-state index contributed by atoms with van der Waals surface area (Å²) in [6.07, 6.45) is 56.6. The van der Waals surface area contributed by atoms with Gasteiger partial charge in [0.25, 0.3) is 0 Å². The fourth-order valence-corrected chi connectivity index (χ4v) is 7.41. The van der Waals surface area contributed by atoms with E-state index in [1.54, 1.807) is 0 Å². The van der Waals surface area contributed by atoms with E-state index in [9.17, 15) is 9.59 Å². The van der Waals surface area contributed by atoms with Crippen LogP contribution in [-0.4, -0.2) is 23.7 Å². The van der Waals surface area contributed by atoms with E-state index in [2.05, 4.69) is 103 Å². The number of allylic oxidation sites excluding steroid dienone is 13. The topological polar surface area (TPSA) is 63.6 Å². The number of rotatable bonds is 34. The van der Waals surface area contributed by atoms with E-state index in [1.165, 1.54) is 152 Å². The molecule has 1 N–H and O–H groups in total. The van der Waals surface area contributed by atoms with E-state index in [-0.39, 0.29) is 11.4 Å². The van der Waals surface area contributed by atoms with Crippen LogP contribution in [0.1, 0.15) is 235 Å². The van der Waals surface area contributed by atoms with Gasteiger partial charge in [0.05, 0.1) is 0 Å². The van der Waals surface area contributed by atoms with Gasteiger partial charge in [-0.05, 0) is 102 Å². The smallest absolute Gasteiger partial charge is 0.306 e. The molecule has 58 heavy (non-hydrogen) atoms. The van der Waals surface area contributed by atoms with Gasteiger partial charge in [0.2, 0.25) is 0 Å². The first kappa shape index (κ1) is 55.1. The molecule has 1 aliphatic rings. The third kappa shape index (κ3) is 36.2. The largest absolute Gasteiger partial charge is 0.481 e. The average molecular weight is 805 g/mol. The molecule has 0 unspecified atom stereocenters. The molecule has 4 nitrogen and oxygen atoms in total. The van der Waals surface area contributed by atoms with Gasteiger partial charge in [0, 0.05) is 12.8 Å². The quantitative estimate of drug-likeness (QED) is 0.0305. The number of carboxylic acid groups (broad SMARTS) is 1. The summed E-state index contributed by atoms with van der Waals surface area (Å²) in [7, 11) is 0. The number of carbonyl (C=O) groups excluding carboxylic acids is 1. The van der Waals surface area contributed by atoms with Crippen molar-refractivity contribution >= 4 is 11.9 Å². The third-order valence-electron chi connectivity index (χ3n) is 11.2. The Hall–Kier alpha value is -2.88. The second-order valence-electron chi connectivity index (χ2n) is 17.5. The van der Waals surface area contributed by atoms with Gasteiger partial charge in [-0.25, -0.2) is 0 Å². The number of ether oxygens (including phenoxy) is 1. The number of carbonyl (C=O) groups is 2. The molecule has 0 aromatic rings. The van der Waals surface area contributed by atoms with Crippen molar-refractivity contribution in [1.82, 2.24) is 0 Å². The zero-order chi connectivity index (χ0) is 43.0. The van der Waals surface area contributed by atoms with Crippen LogP contribution in [0.3, 0.4) is 0 Å². The molecule has 0 aromatic carbocycles. The van der Waals surface area contributed by atoms with E-state index in [0.29, 0.717) is 19.4 Å². The van der Waals surface area contributed by atoms with Crippen LogP contribution in [0.25, 0.3) is 0 Å². The van der Waals surface area contributed by atoms with Gasteiger partial charge in [0.15, 0.2) is 0 Å². The Kier molecular flexibility index (Phi) is 37.6. The summed E-state index contributed by atoms with van der Waals surface area (Å²) in [6, 6.07) is 0. The number of hydrogen-bond acceptors (Lipinski definition) is 3. The maximum Gasteiger partial charge on any atom is 0.306 e. The van der Waals surface area contributed by atoms with Crippen molar-refractivity contribution in [2.45, 2.75) is 235 Å². The monoisotopic (exact) mass is 805 g/mol. The Balaban J connectivity index is 0.00000137. The molecule has 0 heterocycles. The number of unbranched alkanes of at least 4 members (excludes halogenated alkanes) is 20. The maximum atomic E-state index is 12.0. The van der Waals surface area contributed by atoms with Crippen LogP contribution >= 0.6 is 0 Å². The fraction of sp³-hybridized carbons (Fsp3) is 0.704. The van der Waals surface area contributed by atoms with E-state index < -0.39 is 5.97 Å². The van der Waals surface area contributed by atoms with Crippen LogP contribution in [0.2, 0.25) is 0 Å². The van der Waals surface area contributed by atoms with Gasteiger partial charge in [-0.3, -0.25) is 9.59 Å². The second kappa shape index (κ2) is 39.6. The van der Waals surface area contributed by atoms with Crippen molar-refractivity contribution in [2.24, 2.45) is 5.41 Å². The SMILES string of the molecule is CCCCC/C=C\C/C=C\CCCCCCCC(=O)O.CCCCCCCCCCCCCCCC(=O)OCC=C(C)C=CC=C(C)C=CC1=C(C)CCCC1(C)C. The first-order chi connectivity index (χ1) is 28.0.